The Morgan fingerprint density at radius 3 is 2.66 bits per heavy atom. The number of hydrogen-bond donors (Lipinski definition) is 1. The van der Waals surface area contributed by atoms with Gasteiger partial charge in [-0.25, -0.2) is 4.98 Å². The molecule has 0 spiro atoms. The summed E-state index contributed by atoms with van der Waals surface area (Å²) in [7, 11) is 1.60. The van der Waals surface area contributed by atoms with E-state index in [-0.39, 0.29) is 11.5 Å². The highest BCUT2D eigenvalue weighted by molar-refractivity contribution is 7.00. The summed E-state index contributed by atoms with van der Waals surface area (Å²) in [6.07, 6.45) is 1.49. The van der Waals surface area contributed by atoms with Gasteiger partial charge >= 0.3 is 0 Å². The minimum atomic E-state index is -0.226. The van der Waals surface area contributed by atoms with Crippen LogP contribution in [0.2, 0.25) is 0 Å². The van der Waals surface area contributed by atoms with Crippen LogP contribution in [0.5, 0.6) is 5.75 Å². The topological polar surface area (TPSA) is 99.0 Å². The first-order chi connectivity index (χ1) is 14.1. The number of nitrogens with one attached hydrogen (secondary N) is 1. The van der Waals surface area contributed by atoms with Crippen LogP contribution in [0.15, 0.2) is 59.7 Å². The number of hydrogen-bond acceptors (Lipinski definition) is 7. The van der Waals surface area contributed by atoms with Crippen LogP contribution in [-0.4, -0.2) is 37.9 Å². The van der Waals surface area contributed by atoms with Crippen LogP contribution in [0.4, 0.5) is 0 Å². The molecule has 0 saturated heterocycles. The fourth-order valence-corrected chi connectivity index (χ4v) is 3.35. The summed E-state index contributed by atoms with van der Waals surface area (Å²) in [6, 6.07) is 14.0. The monoisotopic (exact) mass is 407 g/mol. The van der Waals surface area contributed by atoms with Crippen molar-refractivity contribution in [1.82, 2.24) is 23.6 Å². The van der Waals surface area contributed by atoms with Gasteiger partial charge in [-0.1, -0.05) is 0 Å². The molecule has 2 aromatic carbocycles. The standard InChI is InChI=1S/C20H17N5O3S/c1-28-15-5-2-13(3-6-15)17-11-19(26)25(12-22-17)9-8-21-20(27)14-4-7-16-18(10-14)24-29-23-16/h2-7,10-12H,8-9H2,1H3,(H,21,27). The number of carbonyl (C=O) groups excluding carboxylic acids is 1. The number of nitrogens with zero attached hydrogens (tertiary/aromatic N) is 4. The number of fused-ring (bicyclic) bond motifs is 1. The molecule has 1 amide bonds. The van der Waals surface area contributed by atoms with Crippen molar-refractivity contribution < 1.29 is 9.53 Å². The summed E-state index contributed by atoms with van der Waals surface area (Å²) in [4.78, 5) is 29.0. The summed E-state index contributed by atoms with van der Waals surface area (Å²) >= 11 is 1.11. The number of benzene rings is 2. The Morgan fingerprint density at radius 2 is 1.90 bits per heavy atom. The van der Waals surface area contributed by atoms with Crippen molar-refractivity contribution >= 4 is 28.7 Å². The number of rotatable bonds is 6. The Labute approximate surface area is 170 Å². The van der Waals surface area contributed by atoms with E-state index in [0.717, 1.165) is 28.6 Å². The molecule has 0 atom stereocenters. The van der Waals surface area contributed by atoms with Crippen molar-refractivity contribution in [2.45, 2.75) is 6.54 Å². The molecular formula is C20H17N5O3S. The van der Waals surface area contributed by atoms with Gasteiger partial charge in [-0.2, -0.15) is 8.75 Å². The molecule has 0 aliphatic heterocycles. The van der Waals surface area contributed by atoms with Crippen molar-refractivity contribution in [2.75, 3.05) is 13.7 Å². The maximum absolute atomic E-state index is 12.4. The Hall–Kier alpha value is -3.59. The molecule has 8 nitrogen and oxygen atoms in total. The molecule has 29 heavy (non-hydrogen) atoms. The molecule has 0 aliphatic carbocycles. The van der Waals surface area contributed by atoms with Gasteiger partial charge < -0.3 is 10.1 Å². The van der Waals surface area contributed by atoms with Crippen molar-refractivity contribution in [3.63, 3.8) is 0 Å². The molecule has 0 radical (unpaired) electrons. The normalized spacial score (nSPS) is 10.8. The smallest absolute Gasteiger partial charge is 0.253 e. The lowest BCUT2D eigenvalue weighted by Crippen LogP contribution is -2.30. The van der Waals surface area contributed by atoms with Gasteiger partial charge in [0.1, 0.15) is 16.8 Å². The highest BCUT2D eigenvalue weighted by Crippen LogP contribution is 2.19. The van der Waals surface area contributed by atoms with Crippen LogP contribution in [-0.2, 0) is 6.54 Å². The van der Waals surface area contributed by atoms with Crippen molar-refractivity contribution in [2.24, 2.45) is 0 Å². The van der Waals surface area contributed by atoms with E-state index in [0.29, 0.717) is 29.9 Å². The molecule has 2 heterocycles. The zero-order valence-electron chi connectivity index (χ0n) is 15.5. The lowest BCUT2D eigenvalue weighted by Gasteiger charge is -2.08. The first kappa shape index (κ1) is 18.8. The van der Waals surface area contributed by atoms with Gasteiger partial charge in [-0.05, 0) is 42.5 Å². The fraction of sp³-hybridized carbons (Fsp3) is 0.150. The molecule has 4 rings (SSSR count). The lowest BCUT2D eigenvalue weighted by molar-refractivity contribution is 0.0952. The number of aromatic nitrogens is 4. The highest BCUT2D eigenvalue weighted by Gasteiger charge is 2.08. The summed E-state index contributed by atoms with van der Waals surface area (Å²) in [5, 5.41) is 2.81. The average Bonchev–Trinajstić information content (AvgIpc) is 3.22. The molecule has 0 aliphatic rings. The van der Waals surface area contributed by atoms with Gasteiger partial charge in [0.05, 0.1) is 30.9 Å². The van der Waals surface area contributed by atoms with Crippen LogP contribution in [0.25, 0.3) is 22.3 Å². The molecule has 0 saturated carbocycles. The zero-order chi connectivity index (χ0) is 20.2. The van der Waals surface area contributed by atoms with Gasteiger partial charge in [0.25, 0.3) is 11.5 Å². The second kappa shape index (κ2) is 8.19. The Morgan fingerprint density at radius 1 is 1.10 bits per heavy atom. The van der Waals surface area contributed by atoms with Crippen molar-refractivity contribution in [3.8, 4) is 17.0 Å². The summed E-state index contributed by atoms with van der Waals surface area (Å²) in [6.45, 7) is 0.622. The van der Waals surface area contributed by atoms with Crippen LogP contribution < -0.4 is 15.6 Å². The van der Waals surface area contributed by atoms with E-state index in [4.69, 9.17) is 4.74 Å². The quantitative estimate of drug-likeness (QED) is 0.527. The molecular weight excluding hydrogens is 390 g/mol. The first-order valence-corrected chi connectivity index (χ1v) is 9.58. The number of carbonyl (C=O) groups is 1. The summed E-state index contributed by atoms with van der Waals surface area (Å²) < 4.78 is 14.8. The third-order valence-corrected chi connectivity index (χ3v) is 4.98. The van der Waals surface area contributed by atoms with Gasteiger partial charge in [-0.3, -0.25) is 14.2 Å². The lowest BCUT2D eigenvalue weighted by atomic mass is 10.1. The predicted octanol–water partition coefficient (Wildman–Crippen LogP) is 2.35. The Balaban J connectivity index is 1.39. The van der Waals surface area contributed by atoms with E-state index >= 15 is 0 Å². The maximum atomic E-state index is 12.4. The van der Waals surface area contributed by atoms with Crippen LogP contribution in [0.1, 0.15) is 10.4 Å². The van der Waals surface area contributed by atoms with Crippen LogP contribution in [0.3, 0.4) is 0 Å². The van der Waals surface area contributed by atoms with Crippen LogP contribution >= 0.6 is 11.7 Å². The highest BCUT2D eigenvalue weighted by atomic mass is 32.1. The molecule has 1 N–H and O–H groups in total. The first-order valence-electron chi connectivity index (χ1n) is 8.85. The molecule has 4 aromatic rings. The van der Waals surface area contributed by atoms with E-state index in [1.54, 1.807) is 25.3 Å². The summed E-state index contributed by atoms with van der Waals surface area (Å²) in [5.74, 6) is 0.513. The second-order valence-electron chi connectivity index (χ2n) is 6.26. The predicted molar refractivity (Wildman–Crippen MR) is 110 cm³/mol. The van der Waals surface area contributed by atoms with Gasteiger partial charge in [0.15, 0.2) is 0 Å². The second-order valence-corrected chi connectivity index (χ2v) is 6.79. The van der Waals surface area contributed by atoms with E-state index in [2.05, 4.69) is 19.0 Å². The van der Waals surface area contributed by atoms with Crippen molar-refractivity contribution in [3.05, 3.63) is 70.8 Å². The zero-order valence-corrected chi connectivity index (χ0v) is 16.3. The van der Waals surface area contributed by atoms with Crippen LogP contribution in [0, 0.1) is 0 Å². The van der Waals surface area contributed by atoms with Gasteiger partial charge in [0.2, 0.25) is 0 Å². The summed E-state index contributed by atoms with van der Waals surface area (Å²) in [5.41, 5.74) is 3.19. The molecule has 0 unspecified atom stereocenters. The Bertz CT molecular complexity index is 1220. The number of amides is 1. The molecule has 0 fully saturated rings. The largest absolute Gasteiger partial charge is 0.497 e. The molecule has 146 valence electrons. The van der Waals surface area contributed by atoms with E-state index in [1.165, 1.54) is 17.0 Å². The third kappa shape index (κ3) is 4.14. The number of ether oxygens (including phenoxy) is 1. The van der Waals surface area contributed by atoms with Crippen molar-refractivity contribution in [1.29, 1.82) is 0 Å². The third-order valence-electron chi connectivity index (χ3n) is 4.42. The van der Waals surface area contributed by atoms with Gasteiger partial charge in [-0.15, -0.1) is 0 Å². The Kier molecular flexibility index (Phi) is 5.30. The average molecular weight is 407 g/mol. The minimum absolute atomic E-state index is 0.185. The van der Waals surface area contributed by atoms with Gasteiger partial charge in [0, 0.05) is 30.3 Å². The molecule has 2 aromatic heterocycles. The maximum Gasteiger partial charge on any atom is 0.253 e. The molecule has 9 heteroatoms. The fourth-order valence-electron chi connectivity index (χ4n) is 2.83. The molecule has 0 bridgehead atoms. The van der Waals surface area contributed by atoms with E-state index in [9.17, 15) is 9.59 Å². The van der Waals surface area contributed by atoms with E-state index in [1.807, 2.05) is 24.3 Å². The minimum Gasteiger partial charge on any atom is -0.497 e. The SMILES string of the molecule is COc1ccc(-c2cc(=O)n(CCNC(=O)c3ccc4nsnc4c3)cn2)cc1. The van der Waals surface area contributed by atoms with E-state index < -0.39 is 0 Å². The number of methoxy groups -OCH3 is 1.